The molecule has 0 spiro atoms. The molecule has 0 aliphatic heterocycles. The van der Waals surface area contributed by atoms with Crippen molar-refractivity contribution >= 4 is 17.9 Å². The first kappa shape index (κ1) is 75.3. The van der Waals surface area contributed by atoms with Crippen molar-refractivity contribution in [3.8, 4) is 0 Å². The number of hydrogen-bond acceptors (Lipinski definition) is 6. The van der Waals surface area contributed by atoms with Crippen LogP contribution >= 0.6 is 0 Å². The zero-order valence-electron chi connectivity index (χ0n) is 51.8. The topological polar surface area (TPSA) is 78.9 Å². The van der Waals surface area contributed by atoms with Gasteiger partial charge in [-0.05, 0) is 135 Å². The highest BCUT2D eigenvalue weighted by Crippen LogP contribution is 2.15. The van der Waals surface area contributed by atoms with Crippen molar-refractivity contribution < 1.29 is 28.6 Å². The van der Waals surface area contributed by atoms with E-state index in [-0.39, 0.29) is 37.5 Å². The molecule has 0 fully saturated rings. The molecule has 0 amide bonds. The molecular weight excluding hydrogens is 985 g/mol. The SMILES string of the molecule is CC/C=C\C/C=C\C/C=C\C/C=C\C/C=C\C/C=C\C/C=C\CCCC(=O)OCC(COC(=O)CCCCCCC/C=C\CCCCCCCCC)OC(=O)CCCCCCCCCCCC/C=C\C/C=C\C/C=C\C/C=C\CC. The zero-order valence-corrected chi connectivity index (χ0v) is 51.8. The minimum Gasteiger partial charge on any atom is -0.462 e. The van der Waals surface area contributed by atoms with Gasteiger partial charge in [-0.15, -0.1) is 0 Å². The maximum absolute atomic E-state index is 12.9. The van der Waals surface area contributed by atoms with E-state index in [9.17, 15) is 14.4 Å². The van der Waals surface area contributed by atoms with Crippen LogP contribution in [0.3, 0.4) is 0 Å². The number of carbonyl (C=O) groups is 3. The largest absolute Gasteiger partial charge is 0.462 e. The van der Waals surface area contributed by atoms with Gasteiger partial charge in [0.05, 0.1) is 0 Å². The van der Waals surface area contributed by atoms with E-state index in [1.165, 1.54) is 109 Å². The number of allylic oxidation sites excluding steroid dienone is 24. The van der Waals surface area contributed by atoms with Crippen LogP contribution in [-0.2, 0) is 28.6 Å². The Bertz CT molecular complexity index is 1750. The van der Waals surface area contributed by atoms with Crippen LogP contribution in [-0.4, -0.2) is 37.2 Å². The van der Waals surface area contributed by atoms with Crippen LogP contribution in [0.4, 0.5) is 0 Å². The minimum atomic E-state index is -0.815. The fourth-order valence-electron chi connectivity index (χ4n) is 8.71. The van der Waals surface area contributed by atoms with E-state index in [1.807, 2.05) is 0 Å². The fourth-order valence-corrected chi connectivity index (χ4v) is 8.71. The summed E-state index contributed by atoms with van der Waals surface area (Å²) < 4.78 is 16.9. The molecule has 0 saturated heterocycles. The summed E-state index contributed by atoms with van der Waals surface area (Å²) in [6.07, 6.45) is 95.7. The van der Waals surface area contributed by atoms with Gasteiger partial charge in [0.15, 0.2) is 6.10 Å². The Morgan fingerprint density at radius 2 is 0.500 bits per heavy atom. The number of rotatable bonds is 58. The molecule has 0 bridgehead atoms. The fraction of sp³-hybridized carbons (Fsp3) is 0.635. The van der Waals surface area contributed by atoms with Crippen LogP contribution in [0.25, 0.3) is 0 Å². The summed E-state index contributed by atoms with van der Waals surface area (Å²) in [6, 6.07) is 0. The van der Waals surface area contributed by atoms with Crippen molar-refractivity contribution in [2.24, 2.45) is 0 Å². The number of hydrogen-bond donors (Lipinski definition) is 0. The summed E-state index contributed by atoms with van der Waals surface area (Å²) >= 11 is 0. The summed E-state index contributed by atoms with van der Waals surface area (Å²) in [5.74, 6) is -0.978. The molecule has 0 radical (unpaired) electrons. The summed E-state index contributed by atoms with van der Waals surface area (Å²) in [4.78, 5) is 38.4. The van der Waals surface area contributed by atoms with Gasteiger partial charge >= 0.3 is 17.9 Å². The van der Waals surface area contributed by atoms with Crippen LogP contribution in [0, 0.1) is 0 Å². The lowest BCUT2D eigenvalue weighted by Crippen LogP contribution is -2.30. The highest BCUT2D eigenvalue weighted by molar-refractivity contribution is 5.71. The molecule has 80 heavy (non-hydrogen) atoms. The molecule has 0 N–H and O–H groups in total. The van der Waals surface area contributed by atoms with Gasteiger partial charge in [-0.2, -0.15) is 0 Å². The van der Waals surface area contributed by atoms with Crippen molar-refractivity contribution in [1.82, 2.24) is 0 Å². The van der Waals surface area contributed by atoms with E-state index >= 15 is 0 Å². The average Bonchev–Trinajstić information content (AvgIpc) is 3.46. The molecule has 6 heteroatoms. The normalized spacial score (nSPS) is 13.1. The number of carbonyl (C=O) groups excluding carboxylic acids is 3. The molecule has 1 atom stereocenters. The van der Waals surface area contributed by atoms with Gasteiger partial charge in [0.25, 0.3) is 0 Å². The Balaban J connectivity index is 4.50. The smallest absolute Gasteiger partial charge is 0.306 e. The van der Waals surface area contributed by atoms with Gasteiger partial charge in [0.1, 0.15) is 13.2 Å². The van der Waals surface area contributed by atoms with Crippen LogP contribution in [0.5, 0.6) is 0 Å². The van der Waals surface area contributed by atoms with Crippen LogP contribution in [0.1, 0.15) is 284 Å². The van der Waals surface area contributed by atoms with Gasteiger partial charge in [0, 0.05) is 19.3 Å². The first-order valence-corrected chi connectivity index (χ1v) is 32.8. The third kappa shape index (κ3) is 64.1. The van der Waals surface area contributed by atoms with Gasteiger partial charge in [-0.25, -0.2) is 0 Å². The maximum Gasteiger partial charge on any atom is 0.306 e. The number of esters is 3. The zero-order chi connectivity index (χ0) is 57.8. The van der Waals surface area contributed by atoms with Crippen LogP contribution in [0.2, 0.25) is 0 Å². The maximum atomic E-state index is 12.9. The Hall–Kier alpha value is -4.71. The molecule has 0 aliphatic carbocycles. The third-order valence-electron chi connectivity index (χ3n) is 13.6. The molecule has 452 valence electrons. The predicted molar refractivity (Wildman–Crippen MR) is 348 cm³/mol. The first-order chi connectivity index (χ1) is 39.5. The van der Waals surface area contributed by atoms with Crippen molar-refractivity contribution in [2.75, 3.05) is 13.2 Å². The van der Waals surface area contributed by atoms with Crippen molar-refractivity contribution in [2.45, 2.75) is 290 Å². The lowest BCUT2D eigenvalue weighted by molar-refractivity contribution is -0.167. The minimum absolute atomic E-state index is 0.106. The van der Waals surface area contributed by atoms with Crippen molar-refractivity contribution in [3.05, 3.63) is 146 Å². The van der Waals surface area contributed by atoms with Crippen LogP contribution < -0.4 is 0 Å². The van der Waals surface area contributed by atoms with Crippen LogP contribution in [0.15, 0.2) is 146 Å². The van der Waals surface area contributed by atoms with Gasteiger partial charge in [-0.1, -0.05) is 276 Å². The second-order valence-electron chi connectivity index (χ2n) is 21.3. The Morgan fingerprint density at radius 1 is 0.263 bits per heavy atom. The Labute approximate surface area is 493 Å². The second-order valence-corrected chi connectivity index (χ2v) is 21.3. The second kappa shape index (κ2) is 66.8. The van der Waals surface area contributed by atoms with Crippen molar-refractivity contribution in [3.63, 3.8) is 0 Å². The Kier molecular flexibility index (Phi) is 62.9. The van der Waals surface area contributed by atoms with E-state index in [0.29, 0.717) is 19.3 Å². The molecule has 0 aromatic rings. The molecule has 0 aliphatic rings. The highest BCUT2D eigenvalue weighted by Gasteiger charge is 2.19. The third-order valence-corrected chi connectivity index (χ3v) is 13.6. The van der Waals surface area contributed by atoms with Gasteiger partial charge in [-0.3, -0.25) is 14.4 Å². The molecule has 0 rings (SSSR count). The summed E-state index contributed by atoms with van der Waals surface area (Å²) in [7, 11) is 0. The summed E-state index contributed by atoms with van der Waals surface area (Å²) in [5.41, 5.74) is 0. The van der Waals surface area contributed by atoms with E-state index < -0.39 is 6.10 Å². The standard InChI is InChI=1S/C74H120O6/c1-4-7-10-13-16-19-22-25-28-31-33-35-37-39-41-43-46-49-52-55-58-61-64-67-73(76)79-70-71(69-78-72(75)66-63-60-57-54-51-48-45-30-27-24-21-18-15-12-9-6-3)80-74(77)68-65-62-59-56-53-50-47-44-42-40-38-36-34-32-29-26-23-20-17-14-11-8-5-2/h7-8,10-11,16-17,19-20,25-26,28-30,33-36,39,41,45-46,49,55,58,71H,4-6,9,12-15,18,21-24,27,31-32,37-38,40,42-44,47-48,50-54,56-57,59-70H2,1-3H3/b10-7-,11-8-,19-16-,20-17-,28-25-,29-26-,35-33-,36-34-,41-39-,45-30-,49-46-,58-55-. The quantitative estimate of drug-likeness (QED) is 0.0261. The number of ether oxygens (including phenoxy) is 3. The molecule has 1 unspecified atom stereocenters. The molecule has 0 heterocycles. The first-order valence-electron chi connectivity index (χ1n) is 32.8. The van der Waals surface area contributed by atoms with Gasteiger partial charge in [0.2, 0.25) is 0 Å². The van der Waals surface area contributed by atoms with E-state index in [0.717, 1.165) is 128 Å². The van der Waals surface area contributed by atoms with E-state index in [4.69, 9.17) is 14.2 Å². The molecule has 6 nitrogen and oxygen atoms in total. The highest BCUT2D eigenvalue weighted by atomic mass is 16.6. The number of unbranched alkanes of at least 4 members (excludes halogenated alkanes) is 23. The summed E-state index contributed by atoms with van der Waals surface area (Å²) in [6.45, 7) is 6.36. The van der Waals surface area contributed by atoms with Gasteiger partial charge < -0.3 is 14.2 Å². The predicted octanol–water partition coefficient (Wildman–Crippen LogP) is 22.7. The molecular formula is C74H120O6. The lowest BCUT2D eigenvalue weighted by Gasteiger charge is -2.18. The lowest BCUT2D eigenvalue weighted by atomic mass is 10.0. The molecule has 0 aromatic carbocycles. The summed E-state index contributed by atoms with van der Waals surface area (Å²) in [5, 5.41) is 0. The monoisotopic (exact) mass is 1100 g/mol. The Morgan fingerprint density at radius 3 is 0.825 bits per heavy atom. The molecule has 0 saturated carbocycles. The van der Waals surface area contributed by atoms with E-state index in [1.54, 1.807) is 0 Å². The van der Waals surface area contributed by atoms with Crippen molar-refractivity contribution in [1.29, 1.82) is 0 Å². The van der Waals surface area contributed by atoms with E-state index in [2.05, 4.69) is 167 Å². The molecule has 0 aromatic heterocycles. The average molecular weight is 1110 g/mol.